The van der Waals surface area contributed by atoms with Gasteiger partial charge in [-0.05, 0) is 44.3 Å². The second kappa shape index (κ2) is 9.39. The molecule has 0 radical (unpaired) electrons. The fourth-order valence-corrected chi connectivity index (χ4v) is 4.33. The minimum atomic E-state index is -3.70. The Bertz CT molecular complexity index is 940. The number of sulfonamides is 1. The third-order valence-electron chi connectivity index (χ3n) is 5.17. The van der Waals surface area contributed by atoms with Crippen LogP contribution in [0.4, 0.5) is 5.69 Å². The van der Waals surface area contributed by atoms with Crippen molar-refractivity contribution in [2.75, 3.05) is 51.7 Å². The molecule has 2 aromatic carbocycles. The van der Waals surface area contributed by atoms with Crippen molar-refractivity contribution < 1.29 is 13.2 Å². The van der Waals surface area contributed by atoms with Gasteiger partial charge >= 0.3 is 0 Å². The van der Waals surface area contributed by atoms with Crippen LogP contribution >= 0.6 is 0 Å². The highest BCUT2D eigenvalue weighted by atomic mass is 32.2. The molecule has 29 heavy (non-hydrogen) atoms. The van der Waals surface area contributed by atoms with Crippen molar-refractivity contribution in [2.24, 2.45) is 0 Å². The molecule has 3 rings (SSSR count). The van der Waals surface area contributed by atoms with Crippen LogP contribution in [0.2, 0.25) is 0 Å². The molecule has 0 aromatic heterocycles. The summed E-state index contributed by atoms with van der Waals surface area (Å²) in [6.45, 7) is 3.69. The molecular weight excluding hydrogens is 388 g/mol. The number of likely N-dealkylation sites (N-methyl/N-ethyl adjacent to an activating group) is 1. The van der Waals surface area contributed by atoms with Gasteiger partial charge in [-0.1, -0.05) is 30.3 Å². The van der Waals surface area contributed by atoms with Crippen molar-refractivity contribution in [1.29, 1.82) is 0 Å². The molecule has 0 spiro atoms. The van der Waals surface area contributed by atoms with Crippen molar-refractivity contribution >= 4 is 21.6 Å². The van der Waals surface area contributed by atoms with Gasteiger partial charge in [-0.2, -0.15) is 0 Å². The molecule has 2 aromatic rings. The van der Waals surface area contributed by atoms with Gasteiger partial charge in [0, 0.05) is 38.3 Å². The first-order chi connectivity index (χ1) is 13.9. The first-order valence-corrected chi connectivity index (χ1v) is 11.2. The molecule has 0 saturated carbocycles. The Morgan fingerprint density at radius 1 is 1.03 bits per heavy atom. The molecule has 8 heteroatoms. The van der Waals surface area contributed by atoms with Crippen LogP contribution in [0.15, 0.2) is 53.4 Å². The van der Waals surface area contributed by atoms with Gasteiger partial charge < -0.3 is 15.1 Å². The quantitative estimate of drug-likeness (QED) is 0.712. The van der Waals surface area contributed by atoms with Crippen molar-refractivity contribution in [2.45, 2.75) is 11.3 Å². The smallest absolute Gasteiger partial charge is 0.251 e. The molecule has 2 N–H and O–H groups in total. The summed E-state index contributed by atoms with van der Waals surface area (Å²) in [4.78, 5) is 17.0. The number of hydrogen-bond acceptors (Lipinski definition) is 5. The molecule has 0 atom stereocenters. The Balaban J connectivity index is 1.77. The van der Waals surface area contributed by atoms with Crippen LogP contribution in [0, 0.1) is 0 Å². The molecule has 1 heterocycles. The van der Waals surface area contributed by atoms with Crippen LogP contribution < -0.4 is 14.9 Å². The molecule has 1 fully saturated rings. The fourth-order valence-electron chi connectivity index (χ4n) is 3.36. The maximum absolute atomic E-state index is 12.6. The van der Waals surface area contributed by atoms with Gasteiger partial charge in [-0.25, -0.2) is 13.1 Å². The van der Waals surface area contributed by atoms with Crippen molar-refractivity contribution in [3.63, 3.8) is 0 Å². The molecule has 0 bridgehead atoms. The third kappa shape index (κ3) is 5.35. The average Bonchev–Trinajstić information content (AvgIpc) is 2.74. The van der Waals surface area contributed by atoms with Crippen LogP contribution in [0.3, 0.4) is 0 Å². The Kier molecular flexibility index (Phi) is 6.89. The zero-order valence-electron chi connectivity index (χ0n) is 16.9. The number of anilines is 1. The summed E-state index contributed by atoms with van der Waals surface area (Å²) < 4.78 is 27.6. The van der Waals surface area contributed by atoms with Gasteiger partial charge in [0.1, 0.15) is 4.90 Å². The molecule has 156 valence electrons. The first-order valence-electron chi connectivity index (χ1n) is 9.74. The minimum absolute atomic E-state index is 0.139. The Labute approximate surface area is 172 Å². The van der Waals surface area contributed by atoms with Crippen LogP contribution in [0.1, 0.15) is 15.9 Å². The monoisotopic (exact) mass is 416 g/mol. The molecule has 7 nitrogen and oxygen atoms in total. The molecule has 1 aliphatic rings. The highest BCUT2D eigenvalue weighted by Gasteiger charge is 2.24. The number of hydrogen-bond donors (Lipinski definition) is 2. The van der Waals surface area contributed by atoms with E-state index in [2.05, 4.69) is 19.8 Å². The topological polar surface area (TPSA) is 81.7 Å². The van der Waals surface area contributed by atoms with Gasteiger partial charge in [0.2, 0.25) is 10.0 Å². The van der Waals surface area contributed by atoms with E-state index in [1.165, 1.54) is 13.1 Å². The number of amides is 1. The normalized spacial score (nSPS) is 15.3. The van der Waals surface area contributed by atoms with E-state index in [-0.39, 0.29) is 10.8 Å². The zero-order chi connectivity index (χ0) is 20.9. The van der Waals surface area contributed by atoms with E-state index in [9.17, 15) is 13.2 Å². The summed E-state index contributed by atoms with van der Waals surface area (Å²) >= 11 is 0. The lowest BCUT2D eigenvalue weighted by Crippen LogP contribution is -2.45. The summed E-state index contributed by atoms with van der Waals surface area (Å²) in [7, 11) is -0.265. The predicted molar refractivity (Wildman–Crippen MR) is 115 cm³/mol. The SMILES string of the molecule is CNS(=O)(=O)c1cc(C(=O)NCCc2ccccc2)ccc1N1CCN(C)CC1. The molecule has 0 unspecified atom stereocenters. The third-order valence-corrected chi connectivity index (χ3v) is 6.61. The van der Waals surface area contributed by atoms with Crippen molar-refractivity contribution in [3.05, 3.63) is 59.7 Å². The maximum atomic E-state index is 12.6. The van der Waals surface area contributed by atoms with Crippen molar-refractivity contribution in [1.82, 2.24) is 14.9 Å². The Morgan fingerprint density at radius 2 is 1.72 bits per heavy atom. The lowest BCUT2D eigenvalue weighted by atomic mass is 10.1. The fraction of sp³-hybridized carbons (Fsp3) is 0.381. The van der Waals surface area contributed by atoms with Crippen molar-refractivity contribution in [3.8, 4) is 0 Å². The minimum Gasteiger partial charge on any atom is -0.368 e. The second-order valence-corrected chi connectivity index (χ2v) is 9.03. The van der Waals surface area contributed by atoms with E-state index in [1.807, 2.05) is 37.4 Å². The number of nitrogens with one attached hydrogen (secondary N) is 2. The number of carbonyl (C=O) groups is 1. The van der Waals surface area contributed by atoms with Gasteiger partial charge in [-0.3, -0.25) is 4.79 Å². The lowest BCUT2D eigenvalue weighted by Gasteiger charge is -2.35. The highest BCUT2D eigenvalue weighted by molar-refractivity contribution is 7.89. The molecule has 1 aliphatic heterocycles. The summed E-state index contributed by atoms with van der Waals surface area (Å²) in [5.74, 6) is -0.279. The molecular formula is C21H28N4O3S. The Hall–Kier alpha value is -2.42. The Morgan fingerprint density at radius 3 is 2.38 bits per heavy atom. The number of piperazine rings is 1. The predicted octanol–water partition coefficient (Wildman–Crippen LogP) is 1.32. The van der Waals surface area contributed by atoms with Crippen LogP contribution in [0.5, 0.6) is 0 Å². The largest absolute Gasteiger partial charge is 0.368 e. The summed E-state index contributed by atoms with van der Waals surface area (Å²) in [5.41, 5.74) is 2.11. The second-order valence-electron chi connectivity index (χ2n) is 7.17. The zero-order valence-corrected chi connectivity index (χ0v) is 17.7. The molecule has 0 aliphatic carbocycles. The number of benzene rings is 2. The van der Waals surface area contributed by atoms with Gasteiger partial charge in [-0.15, -0.1) is 0 Å². The van der Waals surface area contributed by atoms with E-state index in [4.69, 9.17) is 0 Å². The van der Waals surface area contributed by atoms with E-state index < -0.39 is 10.0 Å². The number of carbonyl (C=O) groups excluding carboxylic acids is 1. The van der Waals surface area contributed by atoms with Gasteiger partial charge in [0.15, 0.2) is 0 Å². The maximum Gasteiger partial charge on any atom is 0.251 e. The molecule has 1 amide bonds. The standard InChI is InChI=1S/C21H28N4O3S/c1-22-29(27,28)20-16-18(8-9-19(20)25-14-12-24(2)13-15-25)21(26)23-11-10-17-6-4-3-5-7-17/h3-9,16,22H,10-15H2,1-2H3,(H,23,26). The van der Waals surface area contributed by atoms with E-state index in [0.29, 0.717) is 24.2 Å². The van der Waals surface area contributed by atoms with Gasteiger partial charge in [0.25, 0.3) is 5.91 Å². The van der Waals surface area contributed by atoms with E-state index >= 15 is 0 Å². The summed E-state index contributed by atoms with van der Waals surface area (Å²) in [6, 6.07) is 14.8. The van der Waals surface area contributed by atoms with Crippen LogP contribution in [-0.2, 0) is 16.4 Å². The number of nitrogens with zero attached hydrogens (tertiary/aromatic N) is 2. The van der Waals surface area contributed by atoms with Gasteiger partial charge in [0.05, 0.1) is 5.69 Å². The highest BCUT2D eigenvalue weighted by Crippen LogP contribution is 2.27. The van der Waals surface area contributed by atoms with E-state index in [1.54, 1.807) is 12.1 Å². The molecule has 1 saturated heterocycles. The first kappa shape index (κ1) is 21.3. The lowest BCUT2D eigenvalue weighted by molar-refractivity contribution is 0.0954. The summed E-state index contributed by atoms with van der Waals surface area (Å²) in [6.07, 6.45) is 0.716. The number of rotatable bonds is 7. The van der Waals surface area contributed by atoms with Crippen LogP contribution in [0.25, 0.3) is 0 Å². The van der Waals surface area contributed by atoms with Crippen LogP contribution in [-0.4, -0.2) is 66.0 Å². The average molecular weight is 417 g/mol. The summed E-state index contributed by atoms with van der Waals surface area (Å²) in [5, 5.41) is 2.87. The van der Waals surface area contributed by atoms with E-state index in [0.717, 1.165) is 31.7 Å².